The van der Waals surface area contributed by atoms with Crippen molar-refractivity contribution >= 4 is 0 Å². The maximum Gasteiger partial charge on any atom is 0 e. The Morgan fingerprint density at radius 1 is 0.619 bits per heavy atom. The second-order valence-electron chi connectivity index (χ2n) is 5.58. The summed E-state index contributed by atoms with van der Waals surface area (Å²) in [5, 5.41) is 0. The smallest absolute Gasteiger partial charge is 0 e. The van der Waals surface area contributed by atoms with Crippen LogP contribution in [0, 0.1) is 6.92 Å². The van der Waals surface area contributed by atoms with Gasteiger partial charge in [0, 0.05) is 36.5 Å². The molecule has 0 saturated heterocycles. The van der Waals surface area contributed by atoms with Gasteiger partial charge in [0.1, 0.15) is 0 Å². The van der Waals surface area contributed by atoms with Crippen molar-refractivity contribution in [1.29, 1.82) is 0 Å². The van der Waals surface area contributed by atoms with Crippen molar-refractivity contribution in [1.82, 2.24) is 0 Å². The Morgan fingerprint density at radius 2 is 1.00 bits per heavy atom. The summed E-state index contributed by atoms with van der Waals surface area (Å²) in [6.07, 6.45) is 23.3. The van der Waals surface area contributed by atoms with Crippen LogP contribution in [-0.2, 0) is 36.5 Å². The van der Waals surface area contributed by atoms with E-state index in [-0.39, 0.29) is 36.5 Å². The molecule has 0 spiro atoms. The van der Waals surface area contributed by atoms with Crippen molar-refractivity contribution < 1.29 is 36.5 Å². The molecule has 123 valence electrons. The van der Waals surface area contributed by atoms with Crippen LogP contribution in [0.15, 0.2) is 12.2 Å². The average molecular weight is 387 g/mol. The summed E-state index contributed by atoms with van der Waals surface area (Å²) in [7, 11) is 0. The summed E-state index contributed by atoms with van der Waals surface area (Å²) in [6, 6.07) is 0. The molecule has 0 aliphatic carbocycles. The van der Waals surface area contributed by atoms with E-state index in [1.165, 1.54) is 83.5 Å². The van der Waals surface area contributed by atoms with Crippen LogP contribution in [0.3, 0.4) is 0 Å². The van der Waals surface area contributed by atoms with Crippen LogP contribution >= 0.6 is 0 Å². The zero-order valence-electron chi connectivity index (χ0n) is 14.1. The third-order valence-electron chi connectivity index (χ3n) is 3.61. The molecule has 0 aliphatic heterocycles. The van der Waals surface area contributed by atoms with Crippen LogP contribution in [0.25, 0.3) is 0 Å². The molecule has 0 amide bonds. The van der Waals surface area contributed by atoms with E-state index in [4.69, 9.17) is 5.73 Å². The minimum atomic E-state index is 0. The van der Waals surface area contributed by atoms with Gasteiger partial charge in [-0.3, -0.25) is 0 Å². The number of unbranched alkanes of at least 4 members (excludes halogenated alkanes) is 12. The van der Waals surface area contributed by atoms with Crippen LogP contribution < -0.4 is 5.73 Å². The first-order valence-corrected chi connectivity index (χ1v) is 8.56. The minimum absolute atomic E-state index is 0. The minimum Gasteiger partial charge on any atom is -0.343 e. The third-order valence-corrected chi connectivity index (χ3v) is 3.61. The van der Waals surface area contributed by atoms with Crippen LogP contribution in [0.5, 0.6) is 0 Å². The average Bonchev–Trinajstić information content (AvgIpc) is 2.43. The van der Waals surface area contributed by atoms with E-state index in [1.807, 2.05) is 0 Å². The van der Waals surface area contributed by atoms with E-state index in [9.17, 15) is 0 Å². The zero-order chi connectivity index (χ0) is 14.0. The fraction of sp³-hybridized carbons (Fsp3) is 0.833. The van der Waals surface area contributed by atoms with Crippen molar-refractivity contribution in [3.63, 3.8) is 0 Å². The number of hydrogen-bond acceptors (Lipinski definition) is 1. The molecule has 0 rings (SSSR count). The Morgan fingerprint density at radius 3 is 1.43 bits per heavy atom. The maximum absolute atomic E-state index is 5.47. The normalized spacial score (nSPS) is 10.4. The molecular weight excluding hydrogens is 351 g/mol. The van der Waals surface area contributed by atoms with Crippen molar-refractivity contribution in [3.05, 3.63) is 19.1 Å². The first kappa shape index (κ1) is 26.7. The molecule has 3 heteroatoms. The molecule has 1 nitrogen and oxygen atoms in total. The van der Waals surface area contributed by atoms with E-state index in [1.54, 1.807) is 0 Å². The maximum atomic E-state index is 5.47. The molecule has 2 N–H and O–H groups in total. The van der Waals surface area contributed by atoms with Gasteiger partial charge in [-0.25, -0.2) is 0 Å². The van der Waals surface area contributed by atoms with Gasteiger partial charge >= 0.3 is 0 Å². The van der Waals surface area contributed by atoms with Crippen LogP contribution in [-0.4, -0.2) is 6.54 Å². The molecule has 21 heavy (non-hydrogen) atoms. The van der Waals surface area contributed by atoms with Gasteiger partial charge in [-0.1, -0.05) is 63.5 Å². The molecule has 0 aromatic heterocycles. The molecule has 1 radical (unpaired) electrons. The summed E-state index contributed by atoms with van der Waals surface area (Å²) in [6.45, 7) is 4.73. The van der Waals surface area contributed by atoms with Gasteiger partial charge in [0.2, 0.25) is 0 Å². The SMILES string of the molecule is [CH2-]CCCCCCC/C=C\CCCCCCCCN.[Mn].[Zn]. The number of allylic oxidation sites excluding steroid dienone is 2. The van der Waals surface area contributed by atoms with E-state index < -0.39 is 0 Å². The van der Waals surface area contributed by atoms with Gasteiger partial charge in [-0.05, 0) is 38.6 Å². The van der Waals surface area contributed by atoms with Gasteiger partial charge in [-0.15, -0.1) is 0 Å². The van der Waals surface area contributed by atoms with Gasteiger partial charge in [0.05, 0.1) is 0 Å². The summed E-state index contributed by atoms with van der Waals surface area (Å²) >= 11 is 0. The molecule has 0 aromatic rings. The molecule has 0 saturated carbocycles. The summed E-state index contributed by atoms with van der Waals surface area (Å²) in [5.41, 5.74) is 5.47. The monoisotopic (exact) mass is 385 g/mol. The van der Waals surface area contributed by atoms with E-state index in [0.717, 1.165) is 13.0 Å². The van der Waals surface area contributed by atoms with Gasteiger partial charge < -0.3 is 12.7 Å². The fourth-order valence-electron chi connectivity index (χ4n) is 2.32. The zero-order valence-corrected chi connectivity index (χ0v) is 18.3. The van der Waals surface area contributed by atoms with Crippen molar-refractivity contribution in [3.8, 4) is 0 Å². The van der Waals surface area contributed by atoms with Crippen LogP contribution in [0.1, 0.15) is 89.9 Å². The van der Waals surface area contributed by atoms with Gasteiger partial charge in [0.15, 0.2) is 0 Å². The topological polar surface area (TPSA) is 26.0 Å². The van der Waals surface area contributed by atoms with Crippen molar-refractivity contribution in [2.45, 2.75) is 89.9 Å². The van der Waals surface area contributed by atoms with Crippen molar-refractivity contribution in [2.75, 3.05) is 6.54 Å². The van der Waals surface area contributed by atoms with Crippen LogP contribution in [0.4, 0.5) is 0 Å². The quantitative estimate of drug-likeness (QED) is 0.164. The predicted molar refractivity (Wildman–Crippen MR) is 88.2 cm³/mol. The Labute approximate surface area is 157 Å². The van der Waals surface area contributed by atoms with E-state index in [2.05, 4.69) is 19.1 Å². The molecule has 0 aromatic carbocycles. The molecular formula is C18H36MnNZn-. The third kappa shape index (κ3) is 26.1. The Kier molecular flexibility index (Phi) is 32.8. The Hall–Kier alpha value is 0.843. The van der Waals surface area contributed by atoms with Gasteiger partial charge in [-0.2, -0.15) is 6.42 Å². The first-order valence-electron chi connectivity index (χ1n) is 8.56. The van der Waals surface area contributed by atoms with Crippen LogP contribution in [0.2, 0.25) is 0 Å². The second-order valence-corrected chi connectivity index (χ2v) is 5.58. The Bertz CT molecular complexity index is 186. The number of rotatable bonds is 15. The number of hydrogen-bond donors (Lipinski definition) is 1. The fourth-order valence-corrected chi connectivity index (χ4v) is 2.32. The van der Waals surface area contributed by atoms with E-state index in [0.29, 0.717) is 0 Å². The molecule has 0 unspecified atom stereocenters. The first-order chi connectivity index (χ1) is 9.41. The Balaban J connectivity index is -0.00000162. The standard InChI is InChI=1S/C18H36N.Mn.Zn/c1-2-3-4-5-6-7-8-9-10-11-12-13-14-15-16-17-18-19;;/h9-10H,1-8,11-19H2;;/q-1;;/b10-9-;;. The summed E-state index contributed by atoms with van der Waals surface area (Å²) < 4.78 is 0. The molecule has 0 bridgehead atoms. The molecule has 0 heterocycles. The largest absolute Gasteiger partial charge is 0.343 e. The molecule has 0 atom stereocenters. The van der Waals surface area contributed by atoms with Crippen molar-refractivity contribution in [2.24, 2.45) is 5.73 Å². The summed E-state index contributed by atoms with van der Waals surface area (Å²) in [5.74, 6) is 0. The number of nitrogens with two attached hydrogens (primary N) is 1. The second kappa shape index (κ2) is 25.8. The van der Waals surface area contributed by atoms with E-state index >= 15 is 0 Å². The molecule has 0 aliphatic rings. The molecule has 0 fully saturated rings. The predicted octanol–water partition coefficient (Wildman–Crippen LogP) is 5.79. The summed E-state index contributed by atoms with van der Waals surface area (Å²) in [4.78, 5) is 0. The van der Waals surface area contributed by atoms with Gasteiger partial charge in [0.25, 0.3) is 0 Å².